The molecule has 1 fully saturated rings. The van der Waals surface area contributed by atoms with E-state index in [1.807, 2.05) is 0 Å². The molecule has 0 aliphatic carbocycles. The second kappa shape index (κ2) is 6.20. The Morgan fingerprint density at radius 1 is 1.33 bits per heavy atom. The summed E-state index contributed by atoms with van der Waals surface area (Å²) >= 11 is 0. The number of hydrogen-bond acceptors (Lipinski definition) is 5. The number of piperidine rings is 1. The van der Waals surface area contributed by atoms with Gasteiger partial charge in [0.25, 0.3) is 0 Å². The van der Waals surface area contributed by atoms with E-state index in [-0.39, 0.29) is 6.61 Å². The topological polar surface area (TPSA) is 77.7 Å². The second-order valence-corrected chi connectivity index (χ2v) is 4.25. The Morgan fingerprint density at radius 3 is 2.78 bits per heavy atom. The maximum atomic E-state index is 11.6. The second-order valence-electron chi connectivity index (χ2n) is 4.25. The van der Waals surface area contributed by atoms with Crippen LogP contribution < -0.4 is 5.73 Å². The molecule has 0 unspecified atom stereocenters. The number of amides is 1. The summed E-state index contributed by atoms with van der Waals surface area (Å²) in [5.41, 5.74) is 6.26. The summed E-state index contributed by atoms with van der Waals surface area (Å²) in [6.45, 7) is 1.66. The number of nitrogen functional groups attached to an aromatic ring is 1. The summed E-state index contributed by atoms with van der Waals surface area (Å²) in [4.78, 5) is 26.8. The van der Waals surface area contributed by atoms with Gasteiger partial charge in [0, 0.05) is 24.8 Å². The Labute approximate surface area is 106 Å². The van der Waals surface area contributed by atoms with Gasteiger partial charge in [-0.05, 0) is 25.3 Å². The van der Waals surface area contributed by atoms with E-state index in [1.165, 1.54) is 6.42 Å². The SMILES string of the molecule is Nc1ccc(COOC(=O)N2CCCCC2)cn1. The molecule has 0 spiro atoms. The number of pyridine rings is 1. The first-order valence-corrected chi connectivity index (χ1v) is 6.04. The van der Waals surface area contributed by atoms with Gasteiger partial charge in [0.1, 0.15) is 12.4 Å². The van der Waals surface area contributed by atoms with Crippen LogP contribution in [-0.4, -0.2) is 29.1 Å². The van der Waals surface area contributed by atoms with E-state index in [2.05, 4.69) is 4.98 Å². The molecule has 1 amide bonds. The summed E-state index contributed by atoms with van der Waals surface area (Å²) in [6, 6.07) is 3.45. The minimum absolute atomic E-state index is 0.173. The van der Waals surface area contributed by atoms with E-state index in [0.29, 0.717) is 5.82 Å². The van der Waals surface area contributed by atoms with Gasteiger partial charge in [0.2, 0.25) is 0 Å². The lowest BCUT2D eigenvalue weighted by Crippen LogP contribution is -2.36. The van der Waals surface area contributed by atoms with Gasteiger partial charge in [-0.1, -0.05) is 6.07 Å². The zero-order valence-electron chi connectivity index (χ0n) is 10.2. The zero-order valence-corrected chi connectivity index (χ0v) is 10.2. The minimum Gasteiger partial charge on any atom is -0.384 e. The van der Waals surface area contributed by atoms with Crippen LogP contribution in [0.5, 0.6) is 0 Å². The fraction of sp³-hybridized carbons (Fsp3) is 0.500. The molecule has 6 heteroatoms. The molecule has 1 saturated heterocycles. The summed E-state index contributed by atoms with van der Waals surface area (Å²) in [5.74, 6) is 0.448. The van der Waals surface area contributed by atoms with E-state index < -0.39 is 6.09 Å². The monoisotopic (exact) mass is 251 g/mol. The molecule has 1 aliphatic rings. The highest BCUT2D eigenvalue weighted by atomic mass is 17.2. The number of carbonyl (C=O) groups is 1. The standard InChI is InChI=1S/C12H17N3O3/c13-11-5-4-10(8-14-11)9-17-18-12(16)15-6-2-1-3-7-15/h4-5,8H,1-3,6-7,9H2,(H2,13,14). The third-order valence-electron chi connectivity index (χ3n) is 2.82. The third-order valence-corrected chi connectivity index (χ3v) is 2.82. The third kappa shape index (κ3) is 3.59. The Morgan fingerprint density at radius 2 is 2.11 bits per heavy atom. The number of likely N-dealkylation sites (tertiary alicyclic amines) is 1. The van der Waals surface area contributed by atoms with Crippen LogP contribution in [0.15, 0.2) is 18.3 Å². The van der Waals surface area contributed by atoms with Crippen LogP contribution in [0.1, 0.15) is 24.8 Å². The van der Waals surface area contributed by atoms with Crippen LogP contribution in [0.25, 0.3) is 0 Å². The fourth-order valence-corrected chi connectivity index (χ4v) is 1.80. The van der Waals surface area contributed by atoms with Gasteiger partial charge in [0.05, 0.1) is 0 Å². The highest BCUT2D eigenvalue weighted by Gasteiger charge is 2.18. The van der Waals surface area contributed by atoms with Gasteiger partial charge < -0.3 is 10.6 Å². The summed E-state index contributed by atoms with van der Waals surface area (Å²) in [6.07, 6.45) is 4.39. The molecule has 0 atom stereocenters. The van der Waals surface area contributed by atoms with Crippen molar-refractivity contribution in [3.8, 4) is 0 Å². The molecule has 1 aromatic rings. The number of aromatic nitrogens is 1. The van der Waals surface area contributed by atoms with Crippen molar-refractivity contribution in [1.82, 2.24) is 9.88 Å². The number of carbonyl (C=O) groups excluding carboxylic acids is 1. The molecule has 6 nitrogen and oxygen atoms in total. The largest absolute Gasteiger partial charge is 0.441 e. The van der Waals surface area contributed by atoms with E-state index >= 15 is 0 Å². The highest BCUT2D eigenvalue weighted by molar-refractivity contribution is 5.66. The first-order valence-electron chi connectivity index (χ1n) is 6.04. The predicted octanol–water partition coefficient (Wildman–Crippen LogP) is 1.72. The molecule has 2 N–H and O–H groups in total. The first kappa shape index (κ1) is 12.6. The minimum atomic E-state index is -0.418. The van der Waals surface area contributed by atoms with Gasteiger partial charge >= 0.3 is 6.09 Å². The number of hydrogen-bond donors (Lipinski definition) is 1. The molecule has 1 aliphatic heterocycles. The van der Waals surface area contributed by atoms with Crippen LogP contribution in [0.4, 0.5) is 10.6 Å². The van der Waals surface area contributed by atoms with Crippen LogP contribution in [0.2, 0.25) is 0 Å². The lowest BCUT2D eigenvalue weighted by molar-refractivity contribution is -0.256. The number of nitrogens with two attached hydrogens (primary N) is 1. The molecule has 1 aromatic heterocycles. The Balaban J connectivity index is 1.71. The van der Waals surface area contributed by atoms with Crippen LogP contribution in [-0.2, 0) is 16.4 Å². The zero-order chi connectivity index (χ0) is 12.8. The molecule has 98 valence electrons. The Bertz CT molecular complexity index is 388. The first-order chi connectivity index (χ1) is 8.75. The van der Waals surface area contributed by atoms with Crippen molar-refractivity contribution >= 4 is 11.9 Å². The van der Waals surface area contributed by atoms with Gasteiger partial charge in [0.15, 0.2) is 0 Å². The van der Waals surface area contributed by atoms with E-state index in [9.17, 15) is 4.79 Å². The maximum Gasteiger partial charge on any atom is 0.441 e. The number of nitrogens with zero attached hydrogens (tertiary/aromatic N) is 2. The molecule has 0 radical (unpaired) electrons. The van der Waals surface area contributed by atoms with E-state index in [1.54, 1.807) is 23.2 Å². The molecule has 0 aromatic carbocycles. The van der Waals surface area contributed by atoms with Gasteiger partial charge in [-0.2, -0.15) is 4.89 Å². The maximum absolute atomic E-state index is 11.6. The lowest BCUT2D eigenvalue weighted by Gasteiger charge is -2.24. The Kier molecular flexibility index (Phi) is 4.35. The number of rotatable bonds is 3. The Hall–Kier alpha value is -1.82. The van der Waals surface area contributed by atoms with Gasteiger partial charge in [-0.15, -0.1) is 0 Å². The molecular formula is C12H17N3O3. The fourth-order valence-electron chi connectivity index (χ4n) is 1.80. The predicted molar refractivity (Wildman–Crippen MR) is 65.3 cm³/mol. The van der Waals surface area contributed by atoms with Crippen LogP contribution >= 0.6 is 0 Å². The molecular weight excluding hydrogens is 234 g/mol. The molecule has 2 rings (SSSR count). The van der Waals surface area contributed by atoms with Crippen molar-refractivity contribution < 1.29 is 14.6 Å². The van der Waals surface area contributed by atoms with Crippen molar-refractivity contribution in [1.29, 1.82) is 0 Å². The highest BCUT2D eigenvalue weighted by Crippen LogP contribution is 2.10. The van der Waals surface area contributed by atoms with Gasteiger partial charge in [-0.3, -0.25) is 4.89 Å². The molecule has 2 heterocycles. The number of anilines is 1. The average molecular weight is 251 g/mol. The molecule has 18 heavy (non-hydrogen) atoms. The van der Waals surface area contributed by atoms with Crippen LogP contribution in [0.3, 0.4) is 0 Å². The smallest absolute Gasteiger partial charge is 0.384 e. The summed E-state index contributed by atoms with van der Waals surface area (Å²) < 4.78 is 0. The quantitative estimate of drug-likeness (QED) is 0.653. The van der Waals surface area contributed by atoms with E-state index in [4.69, 9.17) is 15.5 Å². The van der Waals surface area contributed by atoms with Gasteiger partial charge in [-0.25, -0.2) is 9.78 Å². The molecule has 0 saturated carbocycles. The lowest BCUT2D eigenvalue weighted by atomic mass is 10.1. The van der Waals surface area contributed by atoms with Crippen LogP contribution in [0, 0.1) is 0 Å². The van der Waals surface area contributed by atoms with Crippen molar-refractivity contribution in [2.75, 3.05) is 18.8 Å². The summed E-state index contributed by atoms with van der Waals surface area (Å²) in [7, 11) is 0. The van der Waals surface area contributed by atoms with Crippen molar-refractivity contribution in [3.05, 3.63) is 23.9 Å². The van der Waals surface area contributed by atoms with Crippen molar-refractivity contribution in [3.63, 3.8) is 0 Å². The van der Waals surface area contributed by atoms with Crippen molar-refractivity contribution in [2.24, 2.45) is 0 Å². The normalized spacial score (nSPS) is 15.4. The van der Waals surface area contributed by atoms with Crippen molar-refractivity contribution in [2.45, 2.75) is 25.9 Å². The average Bonchev–Trinajstić information content (AvgIpc) is 2.42. The molecule has 0 bridgehead atoms. The van der Waals surface area contributed by atoms with E-state index in [0.717, 1.165) is 31.5 Å². The summed E-state index contributed by atoms with van der Waals surface area (Å²) in [5, 5.41) is 0.